The highest BCUT2D eigenvalue weighted by Gasteiger charge is 2.10. The van der Waals surface area contributed by atoms with Gasteiger partial charge in [0.15, 0.2) is 0 Å². The van der Waals surface area contributed by atoms with Crippen LogP contribution in [0.2, 0.25) is 0 Å². The number of rotatable bonds is 9. The lowest BCUT2D eigenvalue weighted by Gasteiger charge is -2.26. The van der Waals surface area contributed by atoms with Crippen molar-refractivity contribution in [1.29, 1.82) is 0 Å². The predicted molar refractivity (Wildman–Crippen MR) is 137 cm³/mol. The van der Waals surface area contributed by atoms with Gasteiger partial charge in [0.1, 0.15) is 18.0 Å². The molecular formula is C27H30N4O3. The molecule has 1 aliphatic heterocycles. The van der Waals surface area contributed by atoms with Gasteiger partial charge in [0.2, 0.25) is 0 Å². The zero-order valence-electron chi connectivity index (χ0n) is 19.4. The number of hydrogen-bond acceptors (Lipinski definition) is 5. The van der Waals surface area contributed by atoms with Crippen LogP contribution in [0.25, 0.3) is 22.7 Å². The maximum absolute atomic E-state index is 12.0. The Hall–Kier alpha value is -3.68. The summed E-state index contributed by atoms with van der Waals surface area (Å²) in [5, 5.41) is 0.529. The molecule has 1 saturated heterocycles. The van der Waals surface area contributed by atoms with Crippen molar-refractivity contribution in [3.63, 3.8) is 0 Å². The number of nitrogens with one attached hydrogen (secondary N) is 2. The first-order valence-corrected chi connectivity index (χ1v) is 11.4. The molecule has 3 aromatic rings. The second-order valence-electron chi connectivity index (χ2n) is 8.06. The number of allylic oxidation sites excluding steroid dienone is 6. The third-order valence-electron chi connectivity index (χ3n) is 5.58. The third-order valence-corrected chi connectivity index (χ3v) is 5.58. The van der Waals surface area contributed by atoms with E-state index in [1.165, 1.54) is 6.33 Å². The first kappa shape index (κ1) is 23.5. The molecule has 0 unspecified atom stereocenters. The van der Waals surface area contributed by atoms with Crippen molar-refractivity contribution in [2.24, 2.45) is 0 Å². The lowest BCUT2D eigenvalue weighted by molar-refractivity contribution is 0.0322. The minimum Gasteiger partial charge on any atom is -0.492 e. The second-order valence-corrected chi connectivity index (χ2v) is 8.06. The fourth-order valence-electron chi connectivity index (χ4n) is 3.75. The van der Waals surface area contributed by atoms with Crippen molar-refractivity contribution in [2.45, 2.75) is 6.92 Å². The van der Waals surface area contributed by atoms with E-state index in [9.17, 15) is 4.79 Å². The molecule has 0 bridgehead atoms. The predicted octanol–water partition coefficient (Wildman–Crippen LogP) is 4.19. The summed E-state index contributed by atoms with van der Waals surface area (Å²) in [5.74, 6) is 0.863. The van der Waals surface area contributed by atoms with E-state index in [0.29, 0.717) is 17.6 Å². The quantitative estimate of drug-likeness (QED) is 0.470. The summed E-state index contributed by atoms with van der Waals surface area (Å²) in [6.45, 7) is 11.2. The number of benzene rings is 1. The van der Waals surface area contributed by atoms with Gasteiger partial charge in [0.25, 0.3) is 5.56 Å². The normalized spacial score (nSPS) is 15.5. The number of H-pyrrole nitrogens is 2. The Morgan fingerprint density at radius 1 is 1.24 bits per heavy atom. The van der Waals surface area contributed by atoms with Gasteiger partial charge in [0.05, 0.1) is 24.9 Å². The molecule has 0 saturated carbocycles. The van der Waals surface area contributed by atoms with Crippen LogP contribution in [0.1, 0.15) is 18.2 Å². The highest BCUT2D eigenvalue weighted by molar-refractivity contribution is 5.84. The largest absolute Gasteiger partial charge is 0.492 e. The molecule has 0 atom stereocenters. The van der Waals surface area contributed by atoms with E-state index in [1.54, 1.807) is 0 Å². The van der Waals surface area contributed by atoms with Crippen molar-refractivity contribution in [2.75, 3.05) is 39.5 Å². The molecule has 4 rings (SSSR count). The monoisotopic (exact) mass is 458 g/mol. The van der Waals surface area contributed by atoms with E-state index >= 15 is 0 Å². The first-order valence-electron chi connectivity index (χ1n) is 11.4. The molecule has 34 heavy (non-hydrogen) atoms. The van der Waals surface area contributed by atoms with Crippen molar-refractivity contribution < 1.29 is 9.47 Å². The Morgan fingerprint density at radius 2 is 2.03 bits per heavy atom. The molecule has 2 aromatic heterocycles. The van der Waals surface area contributed by atoms with Crippen LogP contribution in [0, 0.1) is 0 Å². The fourth-order valence-corrected chi connectivity index (χ4v) is 3.75. The molecule has 2 N–H and O–H groups in total. The van der Waals surface area contributed by atoms with Gasteiger partial charge in [-0.15, -0.1) is 0 Å². The van der Waals surface area contributed by atoms with Gasteiger partial charge in [-0.2, -0.15) is 0 Å². The van der Waals surface area contributed by atoms with Crippen LogP contribution in [-0.4, -0.2) is 59.3 Å². The molecule has 1 fully saturated rings. The van der Waals surface area contributed by atoms with Crippen LogP contribution < -0.4 is 10.3 Å². The number of morpholine rings is 1. The summed E-state index contributed by atoms with van der Waals surface area (Å²) in [7, 11) is 0. The highest BCUT2D eigenvalue weighted by atomic mass is 16.5. The smallest absolute Gasteiger partial charge is 0.260 e. The minimum atomic E-state index is -0.167. The molecule has 0 aliphatic carbocycles. The zero-order chi connectivity index (χ0) is 23.8. The van der Waals surface area contributed by atoms with Crippen LogP contribution >= 0.6 is 0 Å². The van der Waals surface area contributed by atoms with Crippen molar-refractivity contribution in [3.05, 3.63) is 94.7 Å². The fraction of sp³-hybridized carbons (Fsp3) is 0.259. The van der Waals surface area contributed by atoms with Crippen molar-refractivity contribution in [3.8, 4) is 5.75 Å². The number of hydrogen-bond donors (Lipinski definition) is 2. The van der Waals surface area contributed by atoms with Crippen molar-refractivity contribution >= 4 is 22.7 Å². The summed E-state index contributed by atoms with van der Waals surface area (Å²) >= 11 is 0. The number of ether oxygens (including phenoxy) is 2. The summed E-state index contributed by atoms with van der Waals surface area (Å²) < 4.78 is 11.2. The lowest BCUT2D eigenvalue weighted by atomic mass is 10.1. The third kappa shape index (κ3) is 6.21. The standard InChI is InChI=1S/C27H30N4O3/c1-3-4-22(25-18-24-26(30-25)28-19-29-27(24)32)17-20(2)5-6-21-7-9-23(10-8-21)34-16-13-31-11-14-33-15-12-31/h3-10,17-19H,2,11-16H2,1H3,(H2,28,29,30,32)/b4-3-,6-5+,22-17+. The summed E-state index contributed by atoms with van der Waals surface area (Å²) in [6.07, 6.45) is 11.3. The molecule has 3 heterocycles. The van der Waals surface area contributed by atoms with E-state index in [0.717, 1.165) is 61.0 Å². The summed E-state index contributed by atoms with van der Waals surface area (Å²) in [6, 6.07) is 9.83. The topological polar surface area (TPSA) is 83.2 Å². The Morgan fingerprint density at radius 3 is 2.76 bits per heavy atom. The van der Waals surface area contributed by atoms with Crippen LogP contribution in [-0.2, 0) is 4.74 Å². The SMILES string of the molecule is C=C(/C=C/c1ccc(OCCN2CCOCC2)cc1)/C=C(\C=C/C)c1cc2c(=O)[nH]cnc2[nH]1. The first-order chi connectivity index (χ1) is 16.6. The van der Waals surface area contributed by atoms with Gasteiger partial charge in [-0.25, -0.2) is 4.98 Å². The average Bonchev–Trinajstić information content (AvgIpc) is 3.30. The number of fused-ring (bicyclic) bond motifs is 1. The van der Waals surface area contributed by atoms with Crippen LogP contribution in [0.3, 0.4) is 0 Å². The molecule has 1 aliphatic rings. The highest BCUT2D eigenvalue weighted by Crippen LogP contribution is 2.21. The molecule has 1 aromatic carbocycles. The minimum absolute atomic E-state index is 0.167. The summed E-state index contributed by atoms with van der Waals surface area (Å²) in [5.41, 5.74) is 4.01. The summed E-state index contributed by atoms with van der Waals surface area (Å²) in [4.78, 5) is 24.4. The van der Waals surface area contributed by atoms with Gasteiger partial charge < -0.3 is 19.4 Å². The number of aromatic nitrogens is 3. The Bertz CT molecular complexity index is 1260. The second kappa shape index (κ2) is 11.4. The molecular weight excluding hydrogens is 428 g/mol. The molecule has 176 valence electrons. The molecule has 0 radical (unpaired) electrons. The number of aromatic amines is 2. The van der Waals surface area contributed by atoms with Gasteiger partial charge in [-0.3, -0.25) is 9.69 Å². The van der Waals surface area contributed by atoms with Gasteiger partial charge in [-0.1, -0.05) is 43.0 Å². The van der Waals surface area contributed by atoms with Crippen LogP contribution in [0.15, 0.2) is 77.9 Å². The molecule has 7 nitrogen and oxygen atoms in total. The lowest BCUT2D eigenvalue weighted by Crippen LogP contribution is -2.38. The van der Waals surface area contributed by atoms with E-state index in [4.69, 9.17) is 9.47 Å². The van der Waals surface area contributed by atoms with E-state index in [-0.39, 0.29) is 5.56 Å². The van der Waals surface area contributed by atoms with Gasteiger partial charge in [0, 0.05) is 25.3 Å². The van der Waals surface area contributed by atoms with Gasteiger partial charge in [-0.05, 0) is 47.9 Å². The van der Waals surface area contributed by atoms with E-state index < -0.39 is 0 Å². The van der Waals surface area contributed by atoms with E-state index in [1.807, 2.05) is 67.6 Å². The average molecular weight is 459 g/mol. The molecule has 0 spiro atoms. The van der Waals surface area contributed by atoms with Gasteiger partial charge >= 0.3 is 0 Å². The Labute approximate surface area is 199 Å². The van der Waals surface area contributed by atoms with Crippen molar-refractivity contribution in [1.82, 2.24) is 19.9 Å². The maximum atomic E-state index is 12.0. The molecule has 7 heteroatoms. The maximum Gasteiger partial charge on any atom is 0.260 e. The van der Waals surface area contributed by atoms with E-state index in [2.05, 4.69) is 26.4 Å². The Kier molecular flexibility index (Phi) is 7.91. The van der Waals surface area contributed by atoms with Crippen LogP contribution in [0.5, 0.6) is 5.75 Å². The zero-order valence-corrected chi connectivity index (χ0v) is 19.4. The molecule has 0 amide bonds. The number of nitrogens with zero attached hydrogens (tertiary/aromatic N) is 2. The van der Waals surface area contributed by atoms with Crippen LogP contribution in [0.4, 0.5) is 0 Å². The Balaban J connectivity index is 1.37.